The topological polar surface area (TPSA) is 106 Å². The van der Waals surface area contributed by atoms with Crippen LogP contribution in [-0.2, 0) is 6.54 Å². The minimum Gasteiger partial charge on any atom is -0.346 e. The molecule has 0 aliphatic carbocycles. The van der Waals surface area contributed by atoms with Gasteiger partial charge in [0, 0.05) is 18.1 Å². The number of nitrogens with two attached hydrogens (primary N) is 1. The number of aromatic nitrogens is 3. The van der Waals surface area contributed by atoms with E-state index in [9.17, 15) is 4.79 Å². The Labute approximate surface area is 110 Å². The van der Waals surface area contributed by atoms with E-state index in [1.54, 1.807) is 24.4 Å². The smallest absolute Gasteiger partial charge is 0.255 e. The average Bonchev–Trinajstić information content (AvgIpc) is 2.45. The van der Waals surface area contributed by atoms with Crippen LogP contribution in [0.5, 0.6) is 0 Å². The van der Waals surface area contributed by atoms with Gasteiger partial charge in [-0.1, -0.05) is 0 Å². The molecule has 7 nitrogen and oxygen atoms in total. The Morgan fingerprint density at radius 1 is 1.47 bits per heavy atom. The first-order valence-electron chi connectivity index (χ1n) is 5.68. The van der Waals surface area contributed by atoms with E-state index in [0.717, 1.165) is 5.69 Å². The van der Waals surface area contributed by atoms with Crippen molar-refractivity contribution in [2.45, 2.75) is 13.5 Å². The number of aryl methyl sites for hydroxylation is 1. The maximum atomic E-state index is 12.0. The van der Waals surface area contributed by atoms with Gasteiger partial charge in [0.1, 0.15) is 0 Å². The Morgan fingerprint density at radius 2 is 2.32 bits per heavy atom. The molecular weight excluding hydrogens is 244 g/mol. The van der Waals surface area contributed by atoms with E-state index in [1.165, 1.54) is 6.20 Å². The van der Waals surface area contributed by atoms with Crippen molar-refractivity contribution >= 4 is 11.6 Å². The molecule has 19 heavy (non-hydrogen) atoms. The molecule has 0 aromatic carbocycles. The molecule has 2 aromatic heterocycles. The highest BCUT2D eigenvalue weighted by atomic mass is 16.1. The molecule has 2 rings (SSSR count). The van der Waals surface area contributed by atoms with Crippen LogP contribution < -0.4 is 16.6 Å². The van der Waals surface area contributed by atoms with Gasteiger partial charge in [-0.15, -0.1) is 0 Å². The van der Waals surface area contributed by atoms with Crippen LogP contribution in [0.15, 0.2) is 30.6 Å². The molecule has 0 spiro atoms. The van der Waals surface area contributed by atoms with Gasteiger partial charge in [0.15, 0.2) is 0 Å². The molecule has 0 saturated heterocycles. The van der Waals surface area contributed by atoms with Crippen molar-refractivity contribution in [2.24, 2.45) is 5.84 Å². The number of nitrogens with zero attached hydrogens (tertiary/aromatic N) is 3. The Morgan fingerprint density at radius 3 is 3.00 bits per heavy atom. The molecule has 0 saturated carbocycles. The fraction of sp³-hybridized carbons (Fsp3) is 0.167. The number of hydrogen-bond acceptors (Lipinski definition) is 6. The van der Waals surface area contributed by atoms with Gasteiger partial charge < -0.3 is 10.7 Å². The predicted molar refractivity (Wildman–Crippen MR) is 70.0 cm³/mol. The van der Waals surface area contributed by atoms with Crippen molar-refractivity contribution in [1.82, 2.24) is 20.5 Å². The second kappa shape index (κ2) is 5.87. The summed E-state index contributed by atoms with van der Waals surface area (Å²) < 4.78 is 0. The van der Waals surface area contributed by atoms with Crippen LogP contribution in [0.4, 0.5) is 5.69 Å². The third kappa shape index (κ3) is 3.23. The van der Waals surface area contributed by atoms with Crippen molar-refractivity contribution in [3.63, 3.8) is 0 Å². The molecule has 1 amide bonds. The van der Waals surface area contributed by atoms with Gasteiger partial charge in [-0.05, 0) is 25.1 Å². The number of nitrogens with one attached hydrogen (secondary N) is 2. The number of carbonyl (C=O) groups is 1. The highest BCUT2D eigenvalue weighted by Crippen LogP contribution is 2.14. The summed E-state index contributed by atoms with van der Waals surface area (Å²) in [6.07, 6.45) is 3.06. The normalized spacial score (nSPS) is 10.0. The monoisotopic (exact) mass is 258 g/mol. The molecule has 0 radical (unpaired) electrons. The van der Waals surface area contributed by atoms with Crippen molar-refractivity contribution in [1.29, 1.82) is 0 Å². The lowest BCUT2D eigenvalue weighted by Crippen LogP contribution is -2.25. The number of amides is 1. The molecule has 0 bridgehead atoms. The minimum absolute atomic E-state index is 0.272. The van der Waals surface area contributed by atoms with E-state index in [-0.39, 0.29) is 5.91 Å². The van der Waals surface area contributed by atoms with Crippen molar-refractivity contribution in [3.05, 3.63) is 47.5 Å². The molecule has 98 valence electrons. The third-order valence-electron chi connectivity index (χ3n) is 2.50. The Balaban J connectivity index is 2.08. The number of hydrogen-bond donors (Lipinski definition) is 3. The van der Waals surface area contributed by atoms with Crippen molar-refractivity contribution in [3.8, 4) is 0 Å². The summed E-state index contributed by atoms with van der Waals surface area (Å²) in [5.41, 5.74) is 4.86. The summed E-state index contributed by atoms with van der Waals surface area (Å²) in [5, 5.41) is 10.3. The van der Waals surface area contributed by atoms with Crippen LogP contribution >= 0.6 is 0 Å². The first-order valence-corrected chi connectivity index (χ1v) is 5.68. The first kappa shape index (κ1) is 12.9. The number of anilines is 1. The predicted octanol–water partition coefficient (Wildman–Crippen LogP) is 0.396. The summed E-state index contributed by atoms with van der Waals surface area (Å²) in [5.74, 6) is 5.11. The van der Waals surface area contributed by atoms with E-state index in [1.807, 2.05) is 6.92 Å². The fourth-order valence-electron chi connectivity index (χ4n) is 1.55. The summed E-state index contributed by atoms with van der Waals surface area (Å²) in [6.45, 7) is 2.12. The molecule has 7 heteroatoms. The molecular formula is C12H14N6O. The number of hydrazine groups is 1. The van der Waals surface area contributed by atoms with Crippen LogP contribution in [0.3, 0.4) is 0 Å². The van der Waals surface area contributed by atoms with Crippen LogP contribution in [-0.4, -0.2) is 21.1 Å². The first-order chi connectivity index (χ1) is 9.20. The lowest BCUT2D eigenvalue weighted by Gasteiger charge is -2.09. The van der Waals surface area contributed by atoms with Crippen molar-refractivity contribution < 1.29 is 4.79 Å². The van der Waals surface area contributed by atoms with Gasteiger partial charge in [0.25, 0.3) is 5.91 Å². The Bertz CT molecular complexity index is 572. The van der Waals surface area contributed by atoms with Crippen LogP contribution in [0.2, 0.25) is 0 Å². The van der Waals surface area contributed by atoms with Gasteiger partial charge in [0.2, 0.25) is 0 Å². The van der Waals surface area contributed by atoms with Gasteiger partial charge in [-0.2, -0.15) is 10.2 Å². The summed E-state index contributed by atoms with van der Waals surface area (Å²) in [4.78, 5) is 16.1. The maximum absolute atomic E-state index is 12.0. The molecule has 0 aliphatic rings. The molecule has 0 unspecified atom stereocenters. The summed E-state index contributed by atoms with van der Waals surface area (Å²) >= 11 is 0. The average molecular weight is 258 g/mol. The SMILES string of the molecule is Cc1cc(NN)c(C(=O)NCc2cccnn2)cn1. The summed E-state index contributed by atoms with van der Waals surface area (Å²) in [7, 11) is 0. The largest absolute Gasteiger partial charge is 0.346 e. The number of pyridine rings is 1. The zero-order valence-electron chi connectivity index (χ0n) is 10.4. The maximum Gasteiger partial charge on any atom is 0.255 e. The van der Waals surface area contributed by atoms with Crippen molar-refractivity contribution in [2.75, 3.05) is 5.43 Å². The molecule has 0 fully saturated rings. The number of nitrogen functional groups attached to an aromatic ring is 1. The highest BCUT2D eigenvalue weighted by molar-refractivity contribution is 5.99. The van der Waals surface area contributed by atoms with E-state index in [0.29, 0.717) is 23.5 Å². The minimum atomic E-state index is -0.272. The molecule has 4 N–H and O–H groups in total. The second-order valence-electron chi connectivity index (χ2n) is 3.91. The molecule has 2 heterocycles. The van der Waals surface area contributed by atoms with Crippen LogP contribution in [0.1, 0.15) is 21.7 Å². The standard InChI is InChI=1S/C12H14N6O/c1-8-5-11(17-13)10(7-14-8)12(19)15-6-9-3-2-4-16-18-9/h2-5,7H,6,13H2,1H3,(H,14,17)(H,15,19). The molecule has 0 atom stereocenters. The summed E-state index contributed by atoms with van der Waals surface area (Å²) in [6, 6.07) is 5.24. The lowest BCUT2D eigenvalue weighted by molar-refractivity contribution is 0.0950. The molecule has 0 aliphatic heterocycles. The van der Waals surface area contributed by atoms with Crippen LogP contribution in [0.25, 0.3) is 0 Å². The zero-order chi connectivity index (χ0) is 13.7. The van der Waals surface area contributed by atoms with E-state index < -0.39 is 0 Å². The van der Waals surface area contributed by atoms with Gasteiger partial charge >= 0.3 is 0 Å². The fourth-order valence-corrected chi connectivity index (χ4v) is 1.55. The van der Waals surface area contributed by atoms with Gasteiger partial charge in [-0.3, -0.25) is 15.6 Å². The number of carbonyl (C=O) groups excluding carboxylic acids is 1. The van der Waals surface area contributed by atoms with E-state index >= 15 is 0 Å². The van der Waals surface area contributed by atoms with Gasteiger partial charge in [0.05, 0.1) is 23.5 Å². The van der Waals surface area contributed by atoms with Crippen LogP contribution in [0, 0.1) is 6.92 Å². The Kier molecular flexibility index (Phi) is 3.99. The quantitative estimate of drug-likeness (QED) is 0.541. The zero-order valence-corrected chi connectivity index (χ0v) is 10.4. The van der Waals surface area contributed by atoms with Gasteiger partial charge in [-0.25, -0.2) is 0 Å². The second-order valence-corrected chi connectivity index (χ2v) is 3.91. The lowest BCUT2D eigenvalue weighted by atomic mass is 10.2. The molecule has 2 aromatic rings. The Hall–Kier alpha value is -2.54. The highest BCUT2D eigenvalue weighted by Gasteiger charge is 2.11. The third-order valence-corrected chi connectivity index (χ3v) is 2.50. The van der Waals surface area contributed by atoms with E-state index in [2.05, 4.69) is 25.9 Å². The van der Waals surface area contributed by atoms with E-state index in [4.69, 9.17) is 5.84 Å². The number of rotatable bonds is 4.